The topological polar surface area (TPSA) is 75.4 Å². The first-order valence-electron chi connectivity index (χ1n) is 5.67. The standard InChI is InChI=1S/C14H11Cl2NO3.Na/c15-9-5-8(6-13(18)19)14(17)12(7-9)20-11-4-2-1-3-10(11)16;/h1-5,7H,6,17H2,(H,18,19);/q;+1/p-1. The molecule has 0 heterocycles. The summed E-state index contributed by atoms with van der Waals surface area (Å²) in [6.45, 7) is 0. The molecule has 0 spiro atoms. The summed E-state index contributed by atoms with van der Waals surface area (Å²) < 4.78 is 5.59. The third-order valence-corrected chi connectivity index (χ3v) is 3.11. The molecule has 0 aliphatic heterocycles. The molecule has 2 aromatic rings. The molecule has 0 aliphatic rings. The molecule has 0 bridgehead atoms. The van der Waals surface area contributed by atoms with Crippen molar-refractivity contribution in [3.8, 4) is 11.5 Å². The number of carboxylic acids is 1. The summed E-state index contributed by atoms with van der Waals surface area (Å²) >= 11 is 11.9. The van der Waals surface area contributed by atoms with Crippen LogP contribution in [0.5, 0.6) is 11.5 Å². The van der Waals surface area contributed by atoms with E-state index in [1.54, 1.807) is 24.3 Å². The number of carbonyl (C=O) groups is 1. The summed E-state index contributed by atoms with van der Waals surface area (Å²) in [7, 11) is 0. The number of halogens is 2. The van der Waals surface area contributed by atoms with Crippen LogP contribution < -0.4 is 45.1 Å². The maximum atomic E-state index is 10.7. The Balaban J connectivity index is 0.00000220. The summed E-state index contributed by atoms with van der Waals surface area (Å²) in [5.74, 6) is -0.591. The average Bonchev–Trinajstić information content (AvgIpc) is 2.37. The van der Waals surface area contributed by atoms with E-state index in [1.165, 1.54) is 12.1 Å². The molecule has 4 nitrogen and oxygen atoms in total. The van der Waals surface area contributed by atoms with Gasteiger partial charge in [-0.25, -0.2) is 0 Å². The molecule has 0 radical (unpaired) electrons. The van der Waals surface area contributed by atoms with Crippen LogP contribution in [-0.4, -0.2) is 5.97 Å². The van der Waals surface area contributed by atoms with E-state index >= 15 is 0 Å². The molecule has 0 unspecified atom stereocenters. The fourth-order valence-corrected chi connectivity index (χ4v) is 2.08. The SMILES string of the molecule is Nc1c(CC(=O)[O-])cc(Cl)cc1Oc1ccccc1Cl.[Na+]. The molecular formula is C14H10Cl2NNaO3. The van der Waals surface area contributed by atoms with E-state index in [4.69, 9.17) is 33.7 Å². The first-order chi connectivity index (χ1) is 9.47. The molecule has 0 aliphatic carbocycles. The number of aliphatic carboxylic acids is 1. The van der Waals surface area contributed by atoms with Crippen LogP contribution in [0.1, 0.15) is 5.56 Å². The minimum Gasteiger partial charge on any atom is -0.550 e. The zero-order valence-electron chi connectivity index (χ0n) is 11.2. The minimum atomic E-state index is -1.25. The molecule has 2 aromatic carbocycles. The van der Waals surface area contributed by atoms with Crippen molar-refractivity contribution >= 4 is 34.9 Å². The second-order valence-electron chi connectivity index (χ2n) is 4.06. The van der Waals surface area contributed by atoms with Gasteiger partial charge in [0.15, 0.2) is 5.75 Å². The molecule has 0 aromatic heterocycles. The van der Waals surface area contributed by atoms with Crippen molar-refractivity contribution < 1.29 is 44.2 Å². The van der Waals surface area contributed by atoms with Gasteiger partial charge in [0.1, 0.15) is 5.75 Å². The van der Waals surface area contributed by atoms with E-state index in [-0.39, 0.29) is 47.4 Å². The Kier molecular flexibility index (Phi) is 6.84. The zero-order chi connectivity index (χ0) is 14.7. The normalized spacial score (nSPS) is 9.81. The second-order valence-corrected chi connectivity index (χ2v) is 4.90. The van der Waals surface area contributed by atoms with Gasteiger partial charge in [0.2, 0.25) is 0 Å². The van der Waals surface area contributed by atoms with E-state index in [0.29, 0.717) is 21.4 Å². The van der Waals surface area contributed by atoms with Gasteiger partial charge in [0.25, 0.3) is 0 Å². The van der Waals surface area contributed by atoms with E-state index < -0.39 is 5.97 Å². The van der Waals surface area contributed by atoms with E-state index in [0.717, 1.165) is 0 Å². The summed E-state index contributed by atoms with van der Waals surface area (Å²) in [5.41, 5.74) is 6.41. The van der Waals surface area contributed by atoms with Crippen LogP contribution in [0.4, 0.5) is 5.69 Å². The van der Waals surface area contributed by atoms with Gasteiger partial charge in [-0.15, -0.1) is 0 Å². The number of nitrogens with two attached hydrogens (primary N) is 1. The van der Waals surface area contributed by atoms with E-state index in [1.807, 2.05) is 0 Å². The van der Waals surface area contributed by atoms with Crippen LogP contribution in [0.25, 0.3) is 0 Å². The second kappa shape index (κ2) is 7.92. The quantitative estimate of drug-likeness (QED) is 0.613. The molecule has 0 saturated carbocycles. The van der Waals surface area contributed by atoms with Crippen molar-refractivity contribution in [2.75, 3.05) is 5.73 Å². The number of carboxylic acid groups (broad SMARTS) is 1. The number of para-hydroxylation sites is 1. The van der Waals surface area contributed by atoms with Crippen molar-refractivity contribution in [1.82, 2.24) is 0 Å². The van der Waals surface area contributed by atoms with Crippen molar-refractivity contribution in [3.05, 3.63) is 52.0 Å². The molecule has 21 heavy (non-hydrogen) atoms. The number of ether oxygens (including phenoxy) is 1. The van der Waals surface area contributed by atoms with E-state index in [2.05, 4.69) is 0 Å². The van der Waals surface area contributed by atoms with Crippen molar-refractivity contribution in [1.29, 1.82) is 0 Å². The van der Waals surface area contributed by atoms with Crippen LogP contribution in [0.2, 0.25) is 10.0 Å². The fourth-order valence-electron chi connectivity index (χ4n) is 1.68. The summed E-state index contributed by atoms with van der Waals surface area (Å²) in [4.78, 5) is 10.7. The van der Waals surface area contributed by atoms with Gasteiger partial charge in [0.05, 0.1) is 10.7 Å². The van der Waals surface area contributed by atoms with Gasteiger partial charge in [-0.1, -0.05) is 35.3 Å². The Bertz CT molecular complexity index is 665. The Labute approximate surface area is 154 Å². The van der Waals surface area contributed by atoms with Crippen LogP contribution in [-0.2, 0) is 11.2 Å². The predicted octanol–water partition coefficient (Wildman–Crippen LogP) is -0.336. The number of carbonyl (C=O) groups excluding carboxylic acids is 1. The van der Waals surface area contributed by atoms with Gasteiger partial charge >= 0.3 is 29.6 Å². The molecule has 7 heteroatoms. The first-order valence-corrected chi connectivity index (χ1v) is 6.43. The third-order valence-electron chi connectivity index (χ3n) is 2.58. The van der Waals surface area contributed by atoms with Crippen molar-refractivity contribution in [2.24, 2.45) is 0 Å². The number of benzene rings is 2. The molecule has 2 rings (SSSR count). The molecule has 0 fully saturated rings. The number of nitrogen functional groups attached to an aromatic ring is 1. The molecule has 0 amide bonds. The van der Waals surface area contributed by atoms with Crippen LogP contribution in [0.3, 0.4) is 0 Å². The Morgan fingerprint density at radius 3 is 2.48 bits per heavy atom. The van der Waals surface area contributed by atoms with E-state index in [9.17, 15) is 9.90 Å². The van der Waals surface area contributed by atoms with Crippen molar-refractivity contribution in [3.63, 3.8) is 0 Å². The fraction of sp³-hybridized carbons (Fsp3) is 0.0714. The van der Waals surface area contributed by atoms with Gasteiger partial charge in [-0.3, -0.25) is 0 Å². The monoisotopic (exact) mass is 333 g/mol. The molecule has 2 N–H and O–H groups in total. The van der Waals surface area contributed by atoms with Crippen molar-refractivity contribution in [2.45, 2.75) is 6.42 Å². The molecule has 104 valence electrons. The number of hydrogen-bond acceptors (Lipinski definition) is 4. The number of hydrogen-bond donors (Lipinski definition) is 1. The third kappa shape index (κ3) is 4.80. The van der Waals surface area contributed by atoms with Gasteiger partial charge in [-0.2, -0.15) is 0 Å². The smallest absolute Gasteiger partial charge is 0.550 e. The Morgan fingerprint density at radius 1 is 1.19 bits per heavy atom. The maximum absolute atomic E-state index is 10.7. The van der Waals surface area contributed by atoms with Gasteiger partial charge in [0, 0.05) is 23.5 Å². The Morgan fingerprint density at radius 2 is 1.86 bits per heavy atom. The Hall–Kier alpha value is -0.910. The summed E-state index contributed by atoms with van der Waals surface area (Å²) in [5, 5.41) is 11.4. The maximum Gasteiger partial charge on any atom is 1.00 e. The number of anilines is 1. The van der Waals surface area contributed by atoms with Crippen LogP contribution in [0, 0.1) is 0 Å². The minimum absolute atomic E-state index is 0. The summed E-state index contributed by atoms with van der Waals surface area (Å²) in [6, 6.07) is 9.81. The van der Waals surface area contributed by atoms with Gasteiger partial charge in [-0.05, 0) is 23.8 Å². The average molecular weight is 334 g/mol. The first kappa shape index (κ1) is 18.1. The number of rotatable bonds is 4. The predicted molar refractivity (Wildman–Crippen MR) is 76.1 cm³/mol. The van der Waals surface area contributed by atoms with Gasteiger partial charge < -0.3 is 20.4 Å². The van der Waals surface area contributed by atoms with Crippen LogP contribution in [0.15, 0.2) is 36.4 Å². The summed E-state index contributed by atoms with van der Waals surface area (Å²) in [6.07, 6.45) is -0.342. The van der Waals surface area contributed by atoms with Crippen LogP contribution >= 0.6 is 23.2 Å². The zero-order valence-corrected chi connectivity index (χ0v) is 14.7. The molecular weight excluding hydrogens is 324 g/mol. The largest absolute Gasteiger partial charge is 1.00 e. The molecule has 0 atom stereocenters. The molecule has 0 saturated heterocycles.